The van der Waals surface area contributed by atoms with Crippen molar-refractivity contribution in [2.24, 2.45) is 0 Å². The molecule has 7 heteroatoms. The van der Waals surface area contributed by atoms with E-state index in [0.29, 0.717) is 5.82 Å². The van der Waals surface area contributed by atoms with Gasteiger partial charge in [-0.05, 0) is 18.2 Å². The molecule has 0 aliphatic carbocycles. The average Bonchev–Trinajstić information content (AvgIpc) is 2.95. The molecule has 0 saturated heterocycles. The van der Waals surface area contributed by atoms with Gasteiger partial charge in [0.25, 0.3) is 5.91 Å². The Hall–Kier alpha value is -2.70. The Morgan fingerprint density at radius 2 is 2.15 bits per heavy atom. The Morgan fingerprint density at radius 1 is 1.30 bits per heavy atom. The molecular weight excluding hydrogens is 263 g/mol. The molecule has 0 aliphatic heterocycles. The molecule has 1 heterocycles. The highest BCUT2D eigenvalue weighted by molar-refractivity contribution is 5.96. The van der Waals surface area contributed by atoms with Crippen LogP contribution in [-0.2, 0) is 11.3 Å². The predicted octanol–water partition coefficient (Wildman–Crippen LogP) is 0.595. The first-order valence-electron chi connectivity index (χ1n) is 5.94. The number of aromatic nitrogens is 2. The van der Waals surface area contributed by atoms with Crippen LogP contribution in [0.2, 0.25) is 0 Å². The van der Waals surface area contributed by atoms with Crippen molar-refractivity contribution in [3.8, 4) is 0 Å². The number of halogens is 1. The van der Waals surface area contributed by atoms with Crippen LogP contribution in [0.25, 0.3) is 0 Å². The first-order valence-corrected chi connectivity index (χ1v) is 5.94. The van der Waals surface area contributed by atoms with E-state index in [9.17, 15) is 14.0 Å². The zero-order chi connectivity index (χ0) is 14.4. The van der Waals surface area contributed by atoms with Gasteiger partial charge in [-0.2, -0.15) is 0 Å². The Balaban J connectivity index is 1.77. The number of amides is 2. The lowest BCUT2D eigenvalue weighted by atomic mass is 10.2. The third-order valence-electron chi connectivity index (χ3n) is 2.50. The molecule has 1 aromatic carbocycles. The molecule has 2 amide bonds. The fourth-order valence-corrected chi connectivity index (χ4v) is 1.53. The molecule has 104 valence electrons. The molecule has 3 N–H and O–H groups in total. The fourth-order valence-electron chi connectivity index (χ4n) is 1.53. The second-order valence-electron chi connectivity index (χ2n) is 4.01. The number of hydrogen-bond acceptors (Lipinski definition) is 3. The van der Waals surface area contributed by atoms with Gasteiger partial charge in [0.15, 0.2) is 0 Å². The third-order valence-corrected chi connectivity index (χ3v) is 2.50. The monoisotopic (exact) mass is 276 g/mol. The van der Waals surface area contributed by atoms with Gasteiger partial charge in [0.05, 0.1) is 13.1 Å². The van der Waals surface area contributed by atoms with E-state index in [0.717, 1.165) is 6.07 Å². The molecule has 0 unspecified atom stereocenters. The van der Waals surface area contributed by atoms with E-state index < -0.39 is 11.7 Å². The van der Waals surface area contributed by atoms with Crippen LogP contribution in [0, 0.1) is 5.82 Å². The van der Waals surface area contributed by atoms with Gasteiger partial charge in [0, 0.05) is 18.0 Å². The first kappa shape index (κ1) is 13.7. The summed E-state index contributed by atoms with van der Waals surface area (Å²) in [6, 6.07) is 5.25. The zero-order valence-corrected chi connectivity index (χ0v) is 10.5. The lowest BCUT2D eigenvalue weighted by Crippen LogP contribution is -2.36. The lowest BCUT2D eigenvalue weighted by Gasteiger charge is -2.06. The predicted molar refractivity (Wildman–Crippen MR) is 69.2 cm³/mol. The number of nitrogens with one attached hydrogen (secondary N) is 3. The summed E-state index contributed by atoms with van der Waals surface area (Å²) in [6.45, 7) is 0.0672. The van der Waals surface area contributed by atoms with Gasteiger partial charge in [-0.1, -0.05) is 6.07 Å². The van der Waals surface area contributed by atoms with Crippen molar-refractivity contribution < 1.29 is 14.0 Å². The number of carbonyl (C=O) groups is 2. The molecule has 0 radical (unpaired) electrons. The van der Waals surface area contributed by atoms with Crippen LogP contribution in [0.1, 0.15) is 16.2 Å². The van der Waals surface area contributed by atoms with Crippen LogP contribution in [0.3, 0.4) is 0 Å². The highest BCUT2D eigenvalue weighted by Crippen LogP contribution is 2.02. The maximum Gasteiger partial charge on any atom is 0.251 e. The molecule has 0 aliphatic rings. The number of hydrogen-bond donors (Lipinski definition) is 3. The number of rotatable bonds is 5. The normalized spacial score (nSPS) is 10.1. The summed E-state index contributed by atoms with van der Waals surface area (Å²) in [5.74, 6) is -0.737. The number of aromatic amines is 1. The lowest BCUT2D eigenvalue weighted by molar-refractivity contribution is -0.120. The molecule has 1 aromatic heterocycles. The Bertz CT molecular complexity index is 598. The number of carbonyl (C=O) groups excluding carboxylic acids is 2. The quantitative estimate of drug-likeness (QED) is 0.747. The van der Waals surface area contributed by atoms with E-state index in [4.69, 9.17) is 0 Å². The van der Waals surface area contributed by atoms with Crippen molar-refractivity contribution >= 4 is 11.8 Å². The van der Waals surface area contributed by atoms with E-state index in [1.807, 2.05) is 0 Å². The molecule has 0 atom stereocenters. The summed E-state index contributed by atoms with van der Waals surface area (Å²) in [5.41, 5.74) is 0.170. The van der Waals surface area contributed by atoms with Crippen LogP contribution in [0.15, 0.2) is 36.7 Å². The number of nitrogens with zero attached hydrogens (tertiary/aromatic N) is 1. The standard InChI is InChI=1S/C13H13FN4O2/c14-10-3-1-2-9(6-10)13(20)18-8-12(19)17-7-11-15-4-5-16-11/h1-6H,7-8H2,(H,15,16)(H,17,19)(H,18,20). The Labute approximate surface area is 114 Å². The number of benzene rings is 1. The van der Waals surface area contributed by atoms with Crippen LogP contribution in [0.5, 0.6) is 0 Å². The van der Waals surface area contributed by atoms with Gasteiger partial charge in [-0.3, -0.25) is 9.59 Å². The molecule has 0 bridgehead atoms. The van der Waals surface area contributed by atoms with Crippen molar-refractivity contribution in [2.45, 2.75) is 6.54 Å². The van der Waals surface area contributed by atoms with Crippen LogP contribution in [-0.4, -0.2) is 28.3 Å². The van der Waals surface area contributed by atoms with Crippen LogP contribution < -0.4 is 10.6 Å². The van der Waals surface area contributed by atoms with E-state index in [2.05, 4.69) is 20.6 Å². The van der Waals surface area contributed by atoms with E-state index in [1.54, 1.807) is 12.4 Å². The second kappa shape index (κ2) is 6.46. The minimum atomic E-state index is -0.502. The number of H-pyrrole nitrogens is 1. The zero-order valence-electron chi connectivity index (χ0n) is 10.5. The van der Waals surface area contributed by atoms with E-state index >= 15 is 0 Å². The van der Waals surface area contributed by atoms with Crippen LogP contribution in [0.4, 0.5) is 4.39 Å². The van der Waals surface area contributed by atoms with Gasteiger partial charge >= 0.3 is 0 Å². The van der Waals surface area contributed by atoms with Crippen molar-refractivity contribution in [2.75, 3.05) is 6.54 Å². The SMILES string of the molecule is O=C(CNC(=O)c1cccc(F)c1)NCc1ncc[nH]1. The maximum atomic E-state index is 12.9. The van der Waals surface area contributed by atoms with Crippen molar-refractivity contribution in [3.05, 3.63) is 53.9 Å². The van der Waals surface area contributed by atoms with Crippen molar-refractivity contribution in [1.82, 2.24) is 20.6 Å². The molecule has 2 rings (SSSR count). The van der Waals surface area contributed by atoms with E-state index in [-0.39, 0.29) is 24.6 Å². The summed E-state index contributed by atoms with van der Waals surface area (Å²) in [6.07, 6.45) is 3.22. The molecule has 0 saturated carbocycles. The van der Waals surface area contributed by atoms with E-state index in [1.165, 1.54) is 18.2 Å². The fraction of sp³-hybridized carbons (Fsp3) is 0.154. The summed E-state index contributed by atoms with van der Waals surface area (Å²) >= 11 is 0. The van der Waals surface area contributed by atoms with Gasteiger partial charge in [0.1, 0.15) is 11.6 Å². The summed E-state index contributed by atoms with van der Waals surface area (Å²) < 4.78 is 12.9. The Kier molecular flexibility index (Phi) is 4.43. The maximum absolute atomic E-state index is 12.9. The van der Waals surface area contributed by atoms with Gasteiger partial charge < -0.3 is 15.6 Å². The molecule has 6 nitrogen and oxygen atoms in total. The third kappa shape index (κ3) is 3.91. The highest BCUT2D eigenvalue weighted by Gasteiger charge is 2.08. The summed E-state index contributed by atoms with van der Waals surface area (Å²) in [7, 11) is 0. The van der Waals surface area contributed by atoms with Crippen molar-refractivity contribution in [1.29, 1.82) is 0 Å². The van der Waals surface area contributed by atoms with Gasteiger partial charge in [-0.15, -0.1) is 0 Å². The highest BCUT2D eigenvalue weighted by atomic mass is 19.1. The first-order chi connectivity index (χ1) is 9.65. The Morgan fingerprint density at radius 3 is 2.85 bits per heavy atom. The van der Waals surface area contributed by atoms with Crippen molar-refractivity contribution in [3.63, 3.8) is 0 Å². The molecule has 0 fully saturated rings. The van der Waals surface area contributed by atoms with Gasteiger partial charge in [-0.25, -0.2) is 9.37 Å². The molecular formula is C13H13FN4O2. The summed E-state index contributed by atoms with van der Waals surface area (Å²) in [4.78, 5) is 29.9. The van der Waals surface area contributed by atoms with Crippen LogP contribution >= 0.6 is 0 Å². The average molecular weight is 276 g/mol. The number of imidazole rings is 1. The second-order valence-corrected chi connectivity index (χ2v) is 4.01. The largest absolute Gasteiger partial charge is 0.347 e. The molecule has 2 aromatic rings. The minimum absolute atomic E-state index is 0.170. The smallest absolute Gasteiger partial charge is 0.251 e. The van der Waals surface area contributed by atoms with Gasteiger partial charge in [0.2, 0.25) is 5.91 Å². The topological polar surface area (TPSA) is 86.9 Å². The molecule has 20 heavy (non-hydrogen) atoms. The molecule has 0 spiro atoms. The summed E-state index contributed by atoms with van der Waals surface area (Å²) in [5, 5.41) is 4.99. The minimum Gasteiger partial charge on any atom is -0.347 e.